The molecule has 0 amide bonds. The Labute approximate surface area is 223 Å². The molecule has 9 nitrogen and oxygen atoms in total. The van der Waals surface area contributed by atoms with Crippen LogP contribution >= 0.6 is 0 Å². The highest BCUT2D eigenvalue weighted by Gasteiger charge is 2.63. The van der Waals surface area contributed by atoms with E-state index in [1.807, 2.05) is 37.3 Å². The van der Waals surface area contributed by atoms with E-state index in [4.69, 9.17) is 32.6 Å². The lowest BCUT2D eigenvalue weighted by atomic mass is 9.82. The van der Waals surface area contributed by atoms with Gasteiger partial charge < -0.3 is 28.4 Å². The summed E-state index contributed by atoms with van der Waals surface area (Å²) in [4.78, 5) is 0.150. The van der Waals surface area contributed by atoms with Crippen molar-refractivity contribution < 1.29 is 41.0 Å². The molecular weight excluding hydrogens is 512 g/mol. The summed E-state index contributed by atoms with van der Waals surface area (Å²) in [6, 6.07) is 16.5. The van der Waals surface area contributed by atoms with Crippen LogP contribution in [0.25, 0.3) is 0 Å². The molecule has 38 heavy (non-hydrogen) atoms. The number of hydrogen-bond acceptors (Lipinski definition) is 9. The lowest BCUT2D eigenvalue weighted by Crippen LogP contribution is -2.76. The summed E-state index contributed by atoms with van der Waals surface area (Å²) in [6.07, 6.45) is 0.412. The predicted octanol–water partition coefficient (Wildman–Crippen LogP) is 3.50. The van der Waals surface area contributed by atoms with Crippen LogP contribution in [0.2, 0.25) is 0 Å². The summed E-state index contributed by atoms with van der Waals surface area (Å²) in [5, 5.41) is 0. The van der Waals surface area contributed by atoms with Crippen molar-refractivity contribution in [3.05, 3.63) is 78.4 Å². The predicted molar refractivity (Wildman–Crippen MR) is 137 cm³/mol. The standard InChI is InChI=1S/C28H34O9S/c1-3-15-31-22-25-23(32-16-7-8-17-34-38(29,30)21-13-11-19(2)12-14-21)27-24(26(22)36-28(35-25)37-27)33-18-20-9-5-4-6-10-20/h3-6,9-14,22-28H,1,7-8,15-18H2,2H3/t22-,23+,24+,25+,26-,27-,28-/m0/s1. The van der Waals surface area contributed by atoms with Crippen molar-refractivity contribution in [2.45, 2.75) is 74.4 Å². The van der Waals surface area contributed by atoms with Crippen LogP contribution in [-0.4, -0.2) is 71.3 Å². The number of ether oxygens (including phenoxy) is 6. The van der Waals surface area contributed by atoms with E-state index in [9.17, 15) is 8.42 Å². The Morgan fingerprint density at radius 3 is 2.08 bits per heavy atom. The molecule has 0 radical (unpaired) electrons. The summed E-state index contributed by atoms with van der Waals surface area (Å²) in [6.45, 7) is 6.03. The van der Waals surface area contributed by atoms with Crippen molar-refractivity contribution in [3.8, 4) is 0 Å². The van der Waals surface area contributed by atoms with E-state index in [0.717, 1.165) is 11.1 Å². The maximum atomic E-state index is 12.4. The minimum absolute atomic E-state index is 0.0654. The maximum absolute atomic E-state index is 12.4. The largest absolute Gasteiger partial charge is 0.373 e. The molecule has 0 spiro atoms. The van der Waals surface area contributed by atoms with Gasteiger partial charge in [0.25, 0.3) is 16.6 Å². The van der Waals surface area contributed by atoms with Gasteiger partial charge in [0.15, 0.2) is 0 Å². The van der Waals surface area contributed by atoms with Gasteiger partial charge in [0, 0.05) is 6.61 Å². The fourth-order valence-electron chi connectivity index (χ4n) is 4.95. The number of unbranched alkanes of at least 4 members (excludes halogenated alkanes) is 1. The molecule has 1 saturated carbocycles. The third kappa shape index (κ3) is 6.19. The van der Waals surface area contributed by atoms with Gasteiger partial charge >= 0.3 is 0 Å². The van der Waals surface area contributed by atoms with E-state index in [1.165, 1.54) is 0 Å². The topological polar surface area (TPSA) is 98.8 Å². The second-order valence-corrected chi connectivity index (χ2v) is 11.2. The van der Waals surface area contributed by atoms with Gasteiger partial charge in [-0.2, -0.15) is 8.42 Å². The van der Waals surface area contributed by atoms with Gasteiger partial charge in [-0.15, -0.1) is 6.58 Å². The summed E-state index contributed by atoms with van der Waals surface area (Å²) in [7, 11) is -3.79. The number of aryl methyl sites for hydroxylation is 1. The molecule has 4 fully saturated rings. The second-order valence-electron chi connectivity index (χ2n) is 9.57. The molecule has 3 heterocycles. The number of benzene rings is 2. The van der Waals surface area contributed by atoms with E-state index in [0.29, 0.717) is 32.7 Å². The first-order valence-corrected chi connectivity index (χ1v) is 14.3. The first kappa shape index (κ1) is 27.4. The molecule has 4 aliphatic rings. The second kappa shape index (κ2) is 12.4. The third-order valence-electron chi connectivity index (χ3n) is 6.84. The molecule has 3 aliphatic heterocycles. The molecule has 10 heteroatoms. The quantitative estimate of drug-likeness (QED) is 0.200. The Balaban J connectivity index is 1.16. The van der Waals surface area contributed by atoms with Gasteiger partial charge in [-0.05, 0) is 37.5 Å². The molecule has 3 saturated heterocycles. The molecule has 2 aromatic rings. The fraction of sp³-hybridized carbons (Fsp3) is 0.500. The van der Waals surface area contributed by atoms with Crippen LogP contribution in [-0.2, 0) is 49.3 Å². The van der Waals surface area contributed by atoms with Crippen LogP contribution in [0, 0.1) is 6.92 Å². The van der Waals surface area contributed by atoms with E-state index in [1.54, 1.807) is 30.3 Å². The Kier molecular flexibility index (Phi) is 8.91. The van der Waals surface area contributed by atoms with Crippen molar-refractivity contribution in [1.82, 2.24) is 0 Å². The van der Waals surface area contributed by atoms with Crippen LogP contribution in [0.4, 0.5) is 0 Å². The highest BCUT2D eigenvalue weighted by Crippen LogP contribution is 2.43. The lowest BCUT2D eigenvalue weighted by Gasteiger charge is -2.58. The van der Waals surface area contributed by atoms with Gasteiger partial charge in [-0.3, -0.25) is 4.18 Å². The molecule has 1 aliphatic carbocycles. The van der Waals surface area contributed by atoms with E-state index >= 15 is 0 Å². The Morgan fingerprint density at radius 2 is 1.42 bits per heavy atom. The van der Waals surface area contributed by atoms with E-state index in [2.05, 4.69) is 6.58 Å². The molecule has 7 atom stereocenters. The fourth-order valence-corrected chi connectivity index (χ4v) is 5.89. The highest BCUT2D eigenvalue weighted by atomic mass is 32.2. The summed E-state index contributed by atoms with van der Waals surface area (Å²) in [5.74, 6) is 0. The number of rotatable bonds is 14. The van der Waals surface area contributed by atoms with Gasteiger partial charge in [-0.25, -0.2) is 0 Å². The van der Waals surface area contributed by atoms with E-state index in [-0.39, 0.29) is 29.8 Å². The third-order valence-corrected chi connectivity index (χ3v) is 8.16. The van der Waals surface area contributed by atoms with Crippen molar-refractivity contribution in [2.75, 3.05) is 19.8 Å². The van der Waals surface area contributed by atoms with Crippen LogP contribution in [0.5, 0.6) is 0 Å². The smallest absolute Gasteiger partial charge is 0.296 e. The molecule has 0 N–H and O–H groups in total. The van der Waals surface area contributed by atoms with Crippen molar-refractivity contribution in [3.63, 3.8) is 0 Å². The zero-order chi connectivity index (χ0) is 26.5. The van der Waals surface area contributed by atoms with Crippen molar-refractivity contribution >= 4 is 10.1 Å². The van der Waals surface area contributed by atoms with Crippen LogP contribution < -0.4 is 0 Å². The SMILES string of the molecule is C=CCO[C@H]1[C@H]2O[C@H]3O[C@@H]1[C@@H](OCc1ccccc1)[C@@H](O3)[C@@H]2OCCCCOS(=O)(=O)c1ccc(C)cc1. The molecule has 6 rings (SSSR count). The monoisotopic (exact) mass is 546 g/mol. The average molecular weight is 547 g/mol. The zero-order valence-corrected chi connectivity index (χ0v) is 22.2. The van der Waals surface area contributed by atoms with Gasteiger partial charge in [-0.1, -0.05) is 54.1 Å². The first-order valence-electron chi connectivity index (χ1n) is 12.9. The van der Waals surface area contributed by atoms with Crippen LogP contribution in [0.15, 0.2) is 72.1 Å². The first-order chi connectivity index (χ1) is 18.5. The lowest BCUT2D eigenvalue weighted by molar-refractivity contribution is -0.488. The van der Waals surface area contributed by atoms with Crippen LogP contribution in [0.3, 0.4) is 0 Å². The summed E-state index contributed by atoms with van der Waals surface area (Å²) in [5.41, 5.74) is 2.02. The Bertz CT molecular complexity index is 1150. The minimum Gasteiger partial charge on any atom is -0.373 e. The molecular formula is C28H34O9S. The van der Waals surface area contributed by atoms with Crippen LogP contribution in [0.1, 0.15) is 24.0 Å². The average Bonchev–Trinajstić information content (AvgIpc) is 2.92. The molecule has 0 aromatic heterocycles. The molecule has 2 aromatic carbocycles. The Hall–Kier alpha value is -2.15. The molecule has 4 bridgehead atoms. The normalized spacial score (nSPS) is 30.0. The van der Waals surface area contributed by atoms with E-state index < -0.39 is 34.9 Å². The van der Waals surface area contributed by atoms with Crippen molar-refractivity contribution in [1.29, 1.82) is 0 Å². The Morgan fingerprint density at radius 1 is 0.816 bits per heavy atom. The maximum Gasteiger partial charge on any atom is 0.296 e. The van der Waals surface area contributed by atoms with Crippen molar-refractivity contribution in [2.24, 2.45) is 0 Å². The molecule has 0 unspecified atom stereocenters. The van der Waals surface area contributed by atoms with Gasteiger partial charge in [0.2, 0.25) is 0 Å². The van der Waals surface area contributed by atoms with Gasteiger partial charge in [0.1, 0.15) is 36.6 Å². The highest BCUT2D eigenvalue weighted by molar-refractivity contribution is 7.86. The zero-order valence-electron chi connectivity index (χ0n) is 21.3. The molecule has 206 valence electrons. The number of hydrogen-bond donors (Lipinski definition) is 0. The summed E-state index contributed by atoms with van der Waals surface area (Å²) < 4.78 is 66.4. The summed E-state index contributed by atoms with van der Waals surface area (Å²) >= 11 is 0. The minimum atomic E-state index is -3.79. The van der Waals surface area contributed by atoms with Gasteiger partial charge in [0.05, 0.1) is 24.7 Å².